The van der Waals surface area contributed by atoms with E-state index in [-0.39, 0.29) is 35.6 Å². The highest BCUT2D eigenvalue weighted by Gasteiger charge is 2.38. The van der Waals surface area contributed by atoms with Crippen LogP contribution < -0.4 is 15.6 Å². The standard InChI is InChI=1S/C32H29N3O4S.C2HF3O2/c1-39-28-27-29(40-30(28)31(37)33-23-16-17-34(19-23)18-21-10-4-2-5-11-21)24-14-8-9-15-25(24)35(32(27)38)20-26(36)22-12-6-3-7-13-22;3-2(4,5)1(6)7/h2-15,23H,16-20H2,1H3,(H,33,37);(H,6,7). The number of likely N-dealkylation sites (tertiary alicyclic amines) is 1. The first-order valence-corrected chi connectivity index (χ1v) is 15.4. The summed E-state index contributed by atoms with van der Waals surface area (Å²) >= 11 is 1.26. The number of carboxylic acids is 1. The number of rotatable bonds is 8. The number of para-hydroxylation sites is 1. The summed E-state index contributed by atoms with van der Waals surface area (Å²) in [4.78, 5) is 52.1. The van der Waals surface area contributed by atoms with Crippen molar-refractivity contribution in [3.8, 4) is 5.75 Å². The Balaban J connectivity index is 0.000000559. The number of carboxylic acid groups (broad SMARTS) is 1. The predicted octanol–water partition coefficient (Wildman–Crippen LogP) is 5.75. The summed E-state index contributed by atoms with van der Waals surface area (Å²) in [5, 5.41) is 11.4. The minimum atomic E-state index is -5.08. The zero-order valence-electron chi connectivity index (χ0n) is 25.1. The molecule has 2 aromatic heterocycles. The topological polar surface area (TPSA) is 118 Å². The number of ether oxygens (including phenoxy) is 1. The number of thiophene rings is 1. The van der Waals surface area contributed by atoms with Crippen LogP contribution in [0.2, 0.25) is 0 Å². The number of ketones is 1. The van der Waals surface area contributed by atoms with Crippen LogP contribution in [-0.2, 0) is 17.9 Å². The number of Topliss-reactive ketones (excluding diaryl/α,β-unsaturated/α-hetero) is 1. The number of carbonyl (C=O) groups excluding carboxylic acids is 2. The highest BCUT2D eigenvalue weighted by molar-refractivity contribution is 7.22. The van der Waals surface area contributed by atoms with Gasteiger partial charge < -0.3 is 15.2 Å². The third-order valence-corrected chi connectivity index (χ3v) is 8.87. The quantitative estimate of drug-likeness (QED) is 0.203. The molecular weight excluding hydrogens is 635 g/mol. The molecule has 9 nitrogen and oxygen atoms in total. The lowest BCUT2D eigenvalue weighted by Gasteiger charge is -2.16. The SMILES string of the molecule is COc1c(C(=O)NC2CCN(Cc3ccccc3)C2)sc2c1c(=O)n(CC(=O)c1ccccc1)c1ccccc21.O=C(O)C(F)(F)F. The average molecular weight is 666 g/mol. The molecule has 0 bridgehead atoms. The lowest BCUT2D eigenvalue weighted by atomic mass is 10.1. The van der Waals surface area contributed by atoms with Crippen molar-refractivity contribution in [2.24, 2.45) is 0 Å². The van der Waals surface area contributed by atoms with Crippen molar-refractivity contribution in [2.75, 3.05) is 20.2 Å². The van der Waals surface area contributed by atoms with Gasteiger partial charge in [-0.25, -0.2) is 4.79 Å². The third kappa shape index (κ3) is 7.53. The van der Waals surface area contributed by atoms with Crippen LogP contribution in [0, 0.1) is 0 Å². The number of nitrogens with one attached hydrogen (secondary N) is 1. The van der Waals surface area contributed by atoms with Gasteiger partial charge in [-0.3, -0.25) is 23.9 Å². The van der Waals surface area contributed by atoms with Crippen LogP contribution in [0.25, 0.3) is 21.0 Å². The number of aliphatic carboxylic acids is 1. The Hall–Kier alpha value is -5.01. The van der Waals surface area contributed by atoms with E-state index >= 15 is 0 Å². The molecule has 1 fully saturated rings. The highest BCUT2D eigenvalue weighted by Crippen LogP contribution is 2.39. The zero-order chi connectivity index (χ0) is 33.7. The molecule has 1 atom stereocenters. The predicted molar refractivity (Wildman–Crippen MR) is 172 cm³/mol. The van der Waals surface area contributed by atoms with Crippen molar-refractivity contribution in [3.05, 3.63) is 111 Å². The zero-order valence-corrected chi connectivity index (χ0v) is 25.9. The van der Waals surface area contributed by atoms with Crippen LogP contribution in [-0.4, -0.2) is 64.7 Å². The maximum Gasteiger partial charge on any atom is 0.490 e. The summed E-state index contributed by atoms with van der Waals surface area (Å²) in [6, 6.07) is 26.7. The summed E-state index contributed by atoms with van der Waals surface area (Å²) in [7, 11) is 1.48. The van der Waals surface area contributed by atoms with Crippen LogP contribution in [0.3, 0.4) is 0 Å². The normalized spacial score (nSPS) is 14.9. The third-order valence-electron chi connectivity index (χ3n) is 7.67. The number of aromatic nitrogens is 1. The van der Waals surface area contributed by atoms with Crippen molar-refractivity contribution in [1.82, 2.24) is 14.8 Å². The number of halogens is 3. The molecule has 0 radical (unpaired) electrons. The van der Waals surface area contributed by atoms with Gasteiger partial charge in [0.25, 0.3) is 11.5 Å². The van der Waals surface area contributed by atoms with E-state index in [1.54, 1.807) is 24.3 Å². The van der Waals surface area contributed by atoms with Crippen molar-refractivity contribution in [1.29, 1.82) is 0 Å². The van der Waals surface area contributed by atoms with Gasteiger partial charge in [-0.2, -0.15) is 13.2 Å². The number of amides is 1. The molecule has 3 aromatic carbocycles. The number of carbonyl (C=O) groups is 3. The lowest BCUT2D eigenvalue weighted by molar-refractivity contribution is -0.192. The monoisotopic (exact) mass is 665 g/mol. The molecular formula is C34H30F3N3O6S. The van der Waals surface area contributed by atoms with Gasteiger partial charge in [-0.15, -0.1) is 11.3 Å². The summed E-state index contributed by atoms with van der Waals surface area (Å²) in [6.07, 6.45) is -4.23. The highest BCUT2D eigenvalue weighted by atomic mass is 32.1. The number of alkyl halides is 3. The van der Waals surface area contributed by atoms with Crippen molar-refractivity contribution < 1.29 is 37.4 Å². The maximum atomic E-state index is 13.9. The van der Waals surface area contributed by atoms with Gasteiger partial charge >= 0.3 is 12.1 Å². The van der Waals surface area contributed by atoms with E-state index in [1.165, 1.54) is 28.6 Å². The molecule has 1 unspecified atom stereocenters. The number of methoxy groups -OCH3 is 1. The molecule has 47 heavy (non-hydrogen) atoms. The van der Waals surface area contributed by atoms with Crippen LogP contribution in [0.1, 0.15) is 32.0 Å². The Morgan fingerprint density at radius 2 is 1.60 bits per heavy atom. The number of fused-ring (bicyclic) bond motifs is 3. The molecule has 13 heteroatoms. The molecule has 5 aromatic rings. The van der Waals surface area contributed by atoms with Crippen LogP contribution in [0.15, 0.2) is 89.7 Å². The van der Waals surface area contributed by atoms with E-state index in [1.807, 2.05) is 48.5 Å². The molecule has 1 amide bonds. The summed E-state index contributed by atoms with van der Waals surface area (Å²) in [6.45, 7) is 2.38. The summed E-state index contributed by atoms with van der Waals surface area (Å²) < 4.78 is 39.6. The van der Waals surface area contributed by atoms with E-state index < -0.39 is 12.1 Å². The van der Waals surface area contributed by atoms with Gasteiger partial charge in [0, 0.05) is 36.6 Å². The van der Waals surface area contributed by atoms with Gasteiger partial charge in [-0.05, 0) is 18.1 Å². The Kier molecular flexibility index (Phi) is 10.1. The molecule has 1 aliphatic rings. The van der Waals surface area contributed by atoms with E-state index in [0.717, 1.165) is 31.4 Å². The molecule has 244 valence electrons. The van der Waals surface area contributed by atoms with Gasteiger partial charge in [-0.1, -0.05) is 78.9 Å². The molecule has 0 spiro atoms. The van der Waals surface area contributed by atoms with Crippen molar-refractivity contribution >= 4 is 50.0 Å². The van der Waals surface area contributed by atoms with E-state index in [2.05, 4.69) is 22.3 Å². The van der Waals surface area contributed by atoms with E-state index in [4.69, 9.17) is 14.6 Å². The number of hydrogen-bond acceptors (Lipinski definition) is 7. The summed E-state index contributed by atoms with van der Waals surface area (Å²) in [5.74, 6) is -2.92. The first-order chi connectivity index (χ1) is 22.5. The molecule has 6 rings (SSSR count). The minimum Gasteiger partial charge on any atom is -0.494 e. The molecule has 1 aliphatic heterocycles. The average Bonchev–Trinajstić information content (AvgIpc) is 3.68. The first kappa shape index (κ1) is 33.4. The Labute approximate surface area is 270 Å². The van der Waals surface area contributed by atoms with E-state index in [0.29, 0.717) is 26.0 Å². The molecule has 1 saturated heterocycles. The second-order valence-electron chi connectivity index (χ2n) is 10.8. The number of hydrogen-bond donors (Lipinski definition) is 2. The largest absolute Gasteiger partial charge is 0.494 e. The smallest absolute Gasteiger partial charge is 0.490 e. The number of benzene rings is 3. The fourth-order valence-electron chi connectivity index (χ4n) is 5.49. The summed E-state index contributed by atoms with van der Waals surface area (Å²) in [5.41, 5.74) is 2.08. The fraction of sp³-hybridized carbons (Fsp3) is 0.235. The molecule has 0 aliphatic carbocycles. The van der Waals surface area contributed by atoms with Crippen LogP contribution >= 0.6 is 11.3 Å². The minimum absolute atomic E-state index is 0.00280. The van der Waals surface area contributed by atoms with Crippen molar-refractivity contribution in [3.63, 3.8) is 0 Å². The van der Waals surface area contributed by atoms with Crippen LogP contribution in [0.4, 0.5) is 13.2 Å². The van der Waals surface area contributed by atoms with E-state index in [9.17, 15) is 27.6 Å². The number of nitrogens with zero attached hydrogens (tertiary/aromatic N) is 2. The Morgan fingerprint density at radius 1 is 0.979 bits per heavy atom. The first-order valence-electron chi connectivity index (χ1n) is 14.6. The fourth-order valence-corrected chi connectivity index (χ4v) is 6.69. The second kappa shape index (κ2) is 14.2. The molecule has 2 N–H and O–H groups in total. The maximum absolute atomic E-state index is 13.9. The van der Waals surface area contributed by atoms with Crippen LogP contribution in [0.5, 0.6) is 5.75 Å². The lowest BCUT2D eigenvalue weighted by Crippen LogP contribution is -2.36. The van der Waals surface area contributed by atoms with Crippen molar-refractivity contribution in [2.45, 2.75) is 31.7 Å². The Bertz CT molecular complexity index is 1980. The van der Waals surface area contributed by atoms with Gasteiger partial charge in [0.15, 0.2) is 11.5 Å². The van der Waals surface area contributed by atoms with Gasteiger partial charge in [0.2, 0.25) is 0 Å². The second-order valence-corrected chi connectivity index (χ2v) is 11.9. The van der Waals surface area contributed by atoms with Gasteiger partial charge in [0.1, 0.15) is 10.3 Å². The molecule has 0 saturated carbocycles. The molecule has 3 heterocycles. The Morgan fingerprint density at radius 3 is 2.23 bits per heavy atom. The number of pyridine rings is 1. The van der Waals surface area contributed by atoms with Gasteiger partial charge in [0.05, 0.1) is 23.9 Å².